The first-order valence-corrected chi connectivity index (χ1v) is 11.5. The second kappa shape index (κ2) is 12.0. The molecule has 186 valence electrons. The smallest absolute Gasteiger partial charge is 0.328 e. The predicted octanol–water partition coefficient (Wildman–Crippen LogP) is 2.41. The van der Waals surface area contributed by atoms with Crippen molar-refractivity contribution in [3.8, 4) is 11.3 Å². The van der Waals surface area contributed by atoms with Crippen LogP contribution in [0.2, 0.25) is 0 Å². The number of nitrogens with one attached hydrogen (secondary N) is 1. The molecule has 0 aliphatic carbocycles. The molecule has 1 unspecified atom stereocenters. The van der Waals surface area contributed by atoms with Gasteiger partial charge in [-0.15, -0.1) is 0 Å². The Hall–Kier alpha value is -3.87. The molecule has 12 heteroatoms. The van der Waals surface area contributed by atoms with Crippen LogP contribution in [0.1, 0.15) is 24.2 Å². The number of halogens is 1. The van der Waals surface area contributed by atoms with E-state index in [1.54, 1.807) is 19.2 Å². The molecule has 3 aromatic rings. The number of rotatable bonds is 8. The molecule has 0 spiro atoms. The molecule has 0 amide bonds. The van der Waals surface area contributed by atoms with Crippen LogP contribution in [-0.4, -0.2) is 51.7 Å². The fraction of sp³-hybridized carbons (Fsp3) is 0.174. The van der Waals surface area contributed by atoms with E-state index in [2.05, 4.69) is 10.3 Å². The van der Waals surface area contributed by atoms with Gasteiger partial charge in [-0.25, -0.2) is 26.4 Å². The maximum Gasteiger partial charge on any atom is 0.328 e. The lowest BCUT2D eigenvalue weighted by Crippen LogP contribution is -2.14. The molecule has 0 radical (unpaired) electrons. The fourth-order valence-electron chi connectivity index (χ4n) is 3.02. The molecule has 4 N–H and O–H groups in total. The van der Waals surface area contributed by atoms with Gasteiger partial charge < -0.3 is 20.6 Å². The van der Waals surface area contributed by atoms with Crippen LogP contribution in [0.5, 0.6) is 0 Å². The summed E-state index contributed by atoms with van der Waals surface area (Å²) in [5.74, 6) is -3.16. The predicted molar refractivity (Wildman–Crippen MR) is 124 cm³/mol. The molecule has 0 saturated carbocycles. The van der Waals surface area contributed by atoms with Crippen LogP contribution in [-0.2, 0) is 26.2 Å². The molecule has 3 rings (SSSR count). The van der Waals surface area contributed by atoms with Crippen molar-refractivity contribution < 1.29 is 37.7 Å². The zero-order chi connectivity index (χ0) is 26.2. The van der Waals surface area contributed by atoms with E-state index in [4.69, 9.17) is 10.2 Å². The number of carboxylic acid groups (broad SMARTS) is 2. The molecule has 0 aliphatic rings. The van der Waals surface area contributed by atoms with Gasteiger partial charge in [0, 0.05) is 48.4 Å². The van der Waals surface area contributed by atoms with Crippen LogP contribution in [0, 0.1) is 5.82 Å². The van der Waals surface area contributed by atoms with E-state index in [9.17, 15) is 27.5 Å². The Morgan fingerprint density at radius 3 is 2.34 bits per heavy atom. The molecule has 1 atom stereocenters. The van der Waals surface area contributed by atoms with Gasteiger partial charge in [-0.3, -0.25) is 4.98 Å². The van der Waals surface area contributed by atoms with Gasteiger partial charge in [-0.1, -0.05) is 12.1 Å². The number of carbonyl (C=O) groups is 2. The van der Waals surface area contributed by atoms with E-state index in [-0.39, 0.29) is 21.7 Å². The van der Waals surface area contributed by atoms with Crippen LogP contribution in [0.4, 0.5) is 4.39 Å². The minimum Gasteiger partial charge on any atom is -0.478 e. The standard InChI is InChI=1S/C19H20FN3O3S.C4H4O4/c1-13(24)16-6-3-7-17(19(16)20)18-9-14(10-21-2)12-23(18)27(25,26)15-5-4-8-22-11-15;5-3(6)1-2-4(7)8/h3-9,11-13,21,24H,10H2,1-2H3;1-2H,(H,5,6)(H,7,8). The molecular weight excluding hydrogens is 481 g/mol. The number of carboxylic acids is 2. The molecular formula is C23H24FN3O7S. The Balaban J connectivity index is 0.000000466. The van der Waals surface area contributed by atoms with Gasteiger partial charge in [0.15, 0.2) is 0 Å². The van der Waals surface area contributed by atoms with Gasteiger partial charge in [-0.05, 0) is 43.8 Å². The third kappa shape index (κ3) is 7.06. The zero-order valence-electron chi connectivity index (χ0n) is 18.8. The minimum absolute atomic E-state index is 0.00458. The maximum atomic E-state index is 15.0. The summed E-state index contributed by atoms with van der Waals surface area (Å²) in [5, 5.41) is 28.4. The van der Waals surface area contributed by atoms with Crippen molar-refractivity contribution in [1.82, 2.24) is 14.3 Å². The summed E-state index contributed by atoms with van der Waals surface area (Å²) in [6, 6.07) is 9.14. The number of aliphatic hydroxyl groups is 1. The molecule has 0 saturated heterocycles. The van der Waals surface area contributed by atoms with Crippen molar-refractivity contribution in [2.45, 2.75) is 24.5 Å². The van der Waals surface area contributed by atoms with E-state index in [0.29, 0.717) is 24.3 Å². The minimum atomic E-state index is -3.97. The Morgan fingerprint density at radius 1 is 1.17 bits per heavy atom. The monoisotopic (exact) mass is 505 g/mol. The van der Waals surface area contributed by atoms with Gasteiger partial charge in [-0.2, -0.15) is 0 Å². The topological polar surface area (TPSA) is 159 Å². The first kappa shape index (κ1) is 27.4. The van der Waals surface area contributed by atoms with E-state index < -0.39 is 33.9 Å². The van der Waals surface area contributed by atoms with Crippen molar-refractivity contribution in [2.75, 3.05) is 7.05 Å². The summed E-state index contributed by atoms with van der Waals surface area (Å²) >= 11 is 0. The van der Waals surface area contributed by atoms with Gasteiger partial charge in [0.25, 0.3) is 10.0 Å². The molecule has 0 aliphatic heterocycles. The summed E-state index contributed by atoms with van der Waals surface area (Å²) < 4.78 is 42.2. The Labute approximate surface area is 201 Å². The quantitative estimate of drug-likeness (QED) is 0.337. The Bertz CT molecular complexity index is 1300. The number of hydrogen-bond donors (Lipinski definition) is 4. The second-order valence-electron chi connectivity index (χ2n) is 7.15. The Kier molecular flexibility index (Phi) is 9.40. The van der Waals surface area contributed by atoms with E-state index in [0.717, 1.165) is 3.97 Å². The molecule has 35 heavy (non-hydrogen) atoms. The van der Waals surface area contributed by atoms with Crippen molar-refractivity contribution in [2.24, 2.45) is 0 Å². The highest BCUT2D eigenvalue weighted by Gasteiger charge is 2.24. The number of aromatic nitrogens is 2. The summed E-state index contributed by atoms with van der Waals surface area (Å²) in [5.41, 5.74) is 1.07. The van der Waals surface area contributed by atoms with Crippen LogP contribution in [0.25, 0.3) is 11.3 Å². The van der Waals surface area contributed by atoms with E-state index >= 15 is 0 Å². The number of nitrogens with zero attached hydrogens (tertiary/aromatic N) is 2. The number of pyridine rings is 1. The average molecular weight is 506 g/mol. The van der Waals surface area contributed by atoms with Crippen LogP contribution in [0.3, 0.4) is 0 Å². The summed E-state index contributed by atoms with van der Waals surface area (Å²) in [7, 11) is -2.23. The first-order valence-electron chi connectivity index (χ1n) is 10.1. The fourth-order valence-corrected chi connectivity index (χ4v) is 4.37. The molecule has 10 nitrogen and oxygen atoms in total. The SMILES string of the molecule is CNCc1cc(-c2cccc(C(C)O)c2F)n(S(=O)(=O)c2cccnc2)c1.O=C(O)C=CC(=O)O. The highest BCUT2D eigenvalue weighted by atomic mass is 32.2. The van der Waals surface area contributed by atoms with Gasteiger partial charge in [0.2, 0.25) is 0 Å². The van der Waals surface area contributed by atoms with Crippen molar-refractivity contribution in [3.05, 3.63) is 84.1 Å². The van der Waals surface area contributed by atoms with Crippen molar-refractivity contribution in [1.29, 1.82) is 0 Å². The zero-order valence-corrected chi connectivity index (χ0v) is 19.6. The second-order valence-corrected chi connectivity index (χ2v) is 8.96. The third-order valence-electron chi connectivity index (χ3n) is 4.54. The van der Waals surface area contributed by atoms with Gasteiger partial charge in [0.1, 0.15) is 10.7 Å². The van der Waals surface area contributed by atoms with E-state index in [1.165, 1.54) is 49.8 Å². The van der Waals surface area contributed by atoms with Crippen LogP contribution >= 0.6 is 0 Å². The number of benzene rings is 1. The maximum absolute atomic E-state index is 15.0. The average Bonchev–Trinajstić information content (AvgIpc) is 3.23. The summed E-state index contributed by atoms with van der Waals surface area (Å²) in [6.45, 7) is 1.88. The largest absolute Gasteiger partial charge is 0.478 e. The molecule has 2 aromatic heterocycles. The normalized spacial score (nSPS) is 12.1. The van der Waals surface area contributed by atoms with Crippen molar-refractivity contribution >= 4 is 22.0 Å². The number of aliphatic hydroxyl groups excluding tert-OH is 1. The molecule has 0 fully saturated rings. The van der Waals surface area contributed by atoms with E-state index in [1.807, 2.05) is 0 Å². The highest BCUT2D eigenvalue weighted by Crippen LogP contribution is 2.31. The number of hydrogen-bond acceptors (Lipinski definition) is 7. The lowest BCUT2D eigenvalue weighted by Gasteiger charge is -2.13. The number of aliphatic carboxylic acids is 2. The summed E-state index contributed by atoms with van der Waals surface area (Å²) in [6.07, 6.45) is 4.29. The first-order chi connectivity index (χ1) is 16.5. The van der Waals surface area contributed by atoms with Crippen LogP contribution < -0.4 is 5.32 Å². The molecule has 0 bridgehead atoms. The van der Waals surface area contributed by atoms with Gasteiger partial charge >= 0.3 is 11.9 Å². The van der Waals surface area contributed by atoms with Crippen LogP contribution in [0.15, 0.2) is 72.0 Å². The lowest BCUT2D eigenvalue weighted by molar-refractivity contribution is -0.134. The Morgan fingerprint density at radius 2 is 1.83 bits per heavy atom. The summed E-state index contributed by atoms with van der Waals surface area (Å²) in [4.78, 5) is 23.0. The molecule has 1 aromatic carbocycles. The highest BCUT2D eigenvalue weighted by molar-refractivity contribution is 7.90. The lowest BCUT2D eigenvalue weighted by atomic mass is 10.0. The van der Waals surface area contributed by atoms with Crippen molar-refractivity contribution in [3.63, 3.8) is 0 Å². The third-order valence-corrected chi connectivity index (χ3v) is 6.20. The molecule has 2 heterocycles. The van der Waals surface area contributed by atoms with Gasteiger partial charge in [0.05, 0.1) is 11.8 Å².